The van der Waals surface area contributed by atoms with Crippen LogP contribution in [-0.2, 0) is 9.59 Å². The van der Waals surface area contributed by atoms with Gasteiger partial charge in [0.15, 0.2) is 0 Å². The lowest BCUT2D eigenvalue weighted by Gasteiger charge is -2.09. The highest BCUT2D eigenvalue weighted by Gasteiger charge is 2.09. The largest absolute Gasteiger partial charge is 0.427 e. The van der Waals surface area contributed by atoms with Gasteiger partial charge in [-0.05, 0) is 30.3 Å². The molecule has 8 nitrogen and oxygen atoms in total. The zero-order chi connectivity index (χ0) is 20.4. The molecule has 3 amide bonds. The van der Waals surface area contributed by atoms with Crippen LogP contribution in [0.2, 0.25) is 0 Å². The summed E-state index contributed by atoms with van der Waals surface area (Å²) in [6.45, 7) is 1.52. The fraction of sp³-hybridized carbons (Fsp3) is 0.200. The quantitative estimate of drug-likeness (QED) is 0.356. The molecule has 0 spiro atoms. The summed E-state index contributed by atoms with van der Waals surface area (Å²) >= 11 is 0. The van der Waals surface area contributed by atoms with Crippen molar-refractivity contribution >= 4 is 23.7 Å². The van der Waals surface area contributed by atoms with E-state index in [2.05, 4.69) is 16.0 Å². The van der Waals surface area contributed by atoms with Gasteiger partial charge in [-0.25, -0.2) is 0 Å². The maximum absolute atomic E-state index is 12.1. The molecule has 8 heteroatoms. The Hall–Kier alpha value is -3.68. The molecule has 0 saturated heterocycles. The predicted molar refractivity (Wildman–Crippen MR) is 102 cm³/mol. The molecule has 0 heterocycles. The summed E-state index contributed by atoms with van der Waals surface area (Å²) in [6, 6.07) is 14.8. The molecule has 0 atom stereocenters. The minimum atomic E-state index is -0.473. The van der Waals surface area contributed by atoms with Crippen LogP contribution >= 0.6 is 0 Å². The Morgan fingerprint density at radius 1 is 0.786 bits per heavy atom. The standard InChI is InChI=1S/C20H21N3O5/c1-14(24)28-17-9-5-8-16(12-17)20(27)22-11-10-21-18(25)13-23-19(26)15-6-3-2-4-7-15/h2-9,12H,10-11,13H2,1H3,(H,21,25)(H,22,27)(H,23,26). The number of amides is 3. The highest BCUT2D eigenvalue weighted by molar-refractivity contribution is 5.96. The van der Waals surface area contributed by atoms with Gasteiger partial charge in [-0.1, -0.05) is 24.3 Å². The second kappa shape index (κ2) is 10.5. The average Bonchev–Trinajstić information content (AvgIpc) is 2.69. The Kier molecular flexibility index (Phi) is 7.71. The first-order chi connectivity index (χ1) is 13.5. The molecule has 0 saturated carbocycles. The third kappa shape index (κ3) is 6.91. The topological polar surface area (TPSA) is 114 Å². The van der Waals surface area contributed by atoms with Crippen LogP contribution in [0.15, 0.2) is 54.6 Å². The highest BCUT2D eigenvalue weighted by atomic mass is 16.5. The van der Waals surface area contributed by atoms with Crippen molar-refractivity contribution in [2.45, 2.75) is 6.92 Å². The van der Waals surface area contributed by atoms with Gasteiger partial charge in [0, 0.05) is 31.1 Å². The van der Waals surface area contributed by atoms with E-state index in [1.165, 1.54) is 13.0 Å². The SMILES string of the molecule is CC(=O)Oc1cccc(C(=O)NCCNC(=O)CNC(=O)c2ccccc2)c1. The van der Waals surface area contributed by atoms with Crippen molar-refractivity contribution in [2.24, 2.45) is 0 Å². The molecule has 146 valence electrons. The normalized spacial score (nSPS) is 9.89. The molecule has 0 unspecified atom stereocenters. The molecule has 2 aromatic carbocycles. The summed E-state index contributed by atoms with van der Waals surface area (Å²) in [5.74, 6) is -1.25. The maximum Gasteiger partial charge on any atom is 0.308 e. The van der Waals surface area contributed by atoms with Gasteiger partial charge in [-0.3, -0.25) is 19.2 Å². The second-order valence-electron chi connectivity index (χ2n) is 5.78. The van der Waals surface area contributed by atoms with E-state index in [0.717, 1.165) is 0 Å². The van der Waals surface area contributed by atoms with Crippen LogP contribution < -0.4 is 20.7 Å². The fourth-order valence-corrected chi connectivity index (χ4v) is 2.26. The number of nitrogens with one attached hydrogen (secondary N) is 3. The molecular weight excluding hydrogens is 362 g/mol. The first-order valence-corrected chi connectivity index (χ1v) is 8.62. The summed E-state index contributed by atoms with van der Waals surface area (Å²) < 4.78 is 4.93. The molecule has 0 bridgehead atoms. The second-order valence-corrected chi connectivity index (χ2v) is 5.78. The highest BCUT2D eigenvalue weighted by Crippen LogP contribution is 2.13. The minimum absolute atomic E-state index is 0.161. The van der Waals surface area contributed by atoms with Gasteiger partial charge in [-0.2, -0.15) is 0 Å². The van der Waals surface area contributed by atoms with Crippen molar-refractivity contribution in [3.8, 4) is 5.75 Å². The number of rotatable bonds is 8. The Bertz CT molecular complexity index is 852. The number of carbonyl (C=O) groups is 4. The van der Waals surface area contributed by atoms with Gasteiger partial charge < -0.3 is 20.7 Å². The van der Waals surface area contributed by atoms with Gasteiger partial charge in [0.05, 0.1) is 6.54 Å². The third-order valence-electron chi connectivity index (χ3n) is 3.54. The van der Waals surface area contributed by atoms with Crippen molar-refractivity contribution in [1.29, 1.82) is 0 Å². The van der Waals surface area contributed by atoms with Crippen LogP contribution in [0.1, 0.15) is 27.6 Å². The molecule has 3 N–H and O–H groups in total. The number of ether oxygens (including phenoxy) is 1. The van der Waals surface area contributed by atoms with Crippen LogP contribution in [0.4, 0.5) is 0 Å². The third-order valence-corrected chi connectivity index (χ3v) is 3.54. The molecule has 28 heavy (non-hydrogen) atoms. The van der Waals surface area contributed by atoms with E-state index >= 15 is 0 Å². The van der Waals surface area contributed by atoms with E-state index in [0.29, 0.717) is 11.1 Å². The zero-order valence-corrected chi connectivity index (χ0v) is 15.4. The van der Waals surface area contributed by atoms with Gasteiger partial charge in [0.1, 0.15) is 5.75 Å². The Labute approximate surface area is 162 Å². The summed E-state index contributed by atoms with van der Waals surface area (Å²) in [7, 11) is 0. The van der Waals surface area contributed by atoms with Crippen LogP contribution in [0.3, 0.4) is 0 Å². The molecule has 0 aromatic heterocycles. The molecular formula is C20H21N3O5. The van der Waals surface area contributed by atoms with Crippen molar-refractivity contribution in [3.05, 3.63) is 65.7 Å². The van der Waals surface area contributed by atoms with E-state index in [4.69, 9.17) is 4.74 Å². The van der Waals surface area contributed by atoms with Gasteiger partial charge in [-0.15, -0.1) is 0 Å². The molecule has 2 rings (SSSR count). The number of benzene rings is 2. The smallest absolute Gasteiger partial charge is 0.308 e. The van der Waals surface area contributed by atoms with Crippen LogP contribution in [0.25, 0.3) is 0 Å². The average molecular weight is 383 g/mol. The van der Waals surface area contributed by atoms with Crippen LogP contribution in [0, 0.1) is 0 Å². The lowest BCUT2D eigenvalue weighted by atomic mass is 10.2. The molecule has 0 aliphatic heterocycles. The van der Waals surface area contributed by atoms with Gasteiger partial charge in [0.2, 0.25) is 5.91 Å². The van der Waals surface area contributed by atoms with E-state index in [9.17, 15) is 19.2 Å². The van der Waals surface area contributed by atoms with Crippen molar-refractivity contribution in [3.63, 3.8) is 0 Å². The van der Waals surface area contributed by atoms with Crippen LogP contribution in [0.5, 0.6) is 5.75 Å². The molecule has 0 aliphatic rings. The summed E-state index contributed by atoms with van der Waals surface area (Å²) in [6.07, 6.45) is 0. The predicted octanol–water partition coefficient (Wildman–Crippen LogP) is 0.888. The summed E-state index contributed by atoms with van der Waals surface area (Å²) in [5, 5.41) is 7.76. The van der Waals surface area contributed by atoms with E-state index in [-0.39, 0.29) is 43.1 Å². The Morgan fingerprint density at radius 2 is 1.43 bits per heavy atom. The molecule has 0 aliphatic carbocycles. The maximum atomic E-state index is 12.1. The van der Waals surface area contributed by atoms with E-state index in [1.807, 2.05) is 0 Å². The summed E-state index contributed by atoms with van der Waals surface area (Å²) in [5.41, 5.74) is 0.804. The van der Waals surface area contributed by atoms with E-state index in [1.54, 1.807) is 48.5 Å². The number of hydrogen-bond acceptors (Lipinski definition) is 5. The minimum Gasteiger partial charge on any atom is -0.427 e. The van der Waals surface area contributed by atoms with Crippen molar-refractivity contribution in [2.75, 3.05) is 19.6 Å². The number of hydrogen-bond donors (Lipinski definition) is 3. The number of esters is 1. The lowest BCUT2D eigenvalue weighted by Crippen LogP contribution is -2.40. The molecule has 0 radical (unpaired) electrons. The van der Waals surface area contributed by atoms with Gasteiger partial charge in [0.25, 0.3) is 11.8 Å². The molecule has 2 aromatic rings. The lowest BCUT2D eigenvalue weighted by molar-refractivity contribution is -0.131. The van der Waals surface area contributed by atoms with E-state index < -0.39 is 5.97 Å². The first-order valence-electron chi connectivity index (χ1n) is 8.62. The first kappa shape index (κ1) is 20.6. The monoisotopic (exact) mass is 383 g/mol. The Morgan fingerprint density at radius 3 is 2.14 bits per heavy atom. The van der Waals surface area contributed by atoms with Crippen molar-refractivity contribution < 1.29 is 23.9 Å². The zero-order valence-electron chi connectivity index (χ0n) is 15.4. The fourth-order valence-electron chi connectivity index (χ4n) is 2.26. The molecule has 0 fully saturated rings. The van der Waals surface area contributed by atoms with Gasteiger partial charge >= 0.3 is 5.97 Å². The number of carbonyl (C=O) groups excluding carboxylic acids is 4. The summed E-state index contributed by atoms with van der Waals surface area (Å²) in [4.78, 5) is 46.6. The van der Waals surface area contributed by atoms with Crippen molar-refractivity contribution in [1.82, 2.24) is 16.0 Å². The van der Waals surface area contributed by atoms with Crippen LogP contribution in [-0.4, -0.2) is 43.3 Å². The Balaban J connectivity index is 1.68.